The minimum atomic E-state index is -3.50. The van der Waals surface area contributed by atoms with Crippen molar-refractivity contribution in [1.29, 1.82) is 0 Å². The maximum Gasteiger partial charge on any atom is 0.194 e. The lowest BCUT2D eigenvalue weighted by Gasteiger charge is -2.10. The second-order valence-corrected chi connectivity index (χ2v) is 5.59. The highest BCUT2D eigenvalue weighted by molar-refractivity contribution is 7.90. The van der Waals surface area contributed by atoms with Crippen molar-refractivity contribution in [3.63, 3.8) is 0 Å². The van der Waals surface area contributed by atoms with Crippen LogP contribution in [0.1, 0.15) is 11.7 Å². The molecule has 0 aliphatic heterocycles. The second kappa shape index (κ2) is 4.42. The van der Waals surface area contributed by atoms with E-state index in [1.54, 1.807) is 0 Å². The van der Waals surface area contributed by atoms with Crippen molar-refractivity contribution in [3.8, 4) is 0 Å². The van der Waals surface area contributed by atoms with Crippen molar-refractivity contribution in [3.05, 3.63) is 35.1 Å². The van der Waals surface area contributed by atoms with Gasteiger partial charge < -0.3 is 5.11 Å². The van der Waals surface area contributed by atoms with Gasteiger partial charge in [0.2, 0.25) is 0 Å². The summed E-state index contributed by atoms with van der Waals surface area (Å²) >= 11 is 0. The summed E-state index contributed by atoms with van der Waals surface area (Å²) in [5, 5.41) is 9.36. The number of benzene rings is 1. The molecule has 1 aromatic rings. The van der Waals surface area contributed by atoms with Gasteiger partial charge in [0.1, 0.15) is 9.84 Å². The van der Waals surface area contributed by atoms with Crippen LogP contribution < -0.4 is 0 Å². The molecule has 0 aromatic heterocycles. The normalized spacial score (nSPS) is 13.8. The minimum Gasteiger partial charge on any atom is -0.387 e. The molecule has 3 nitrogen and oxygen atoms in total. The van der Waals surface area contributed by atoms with Crippen LogP contribution in [0.2, 0.25) is 0 Å². The molecule has 16 heavy (non-hydrogen) atoms. The Morgan fingerprint density at radius 3 is 2.06 bits per heavy atom. The molecule has 0 fully saturated rings. The summed E-state index contributed by atoms with van der Waals surface area (Å²) in [4.78, 5) is 0. The van der Waals surface area contributed by atoms with Gasteiger partial charge in [0.15, 0.2) is 17.5 Å². The lowest BCUT2D eigenvalue weighted by molar-refractivity contribution is 0.200. The predicted octanol–water partition coefficient (Wildman–Crippen LogP) is 1.18. The van der Waals surface area contributed by atoms with Gasteiger partial charge in [0, 0.05) is 6.26 Å². The van der Waals surface area contributed by atoms with Gasteiger partial charge in [-0.1, -0.05) is 0 Å². The predicted molar refractivity (Wildman–Crippen MR) is 51.0 cm³/mol. The van der Waals surface area contributed by atoms with Crippen molar-refractivity contribution in [2.75, 3.05) is 12.0 Å². The molecule has 0 heterocycles. The van der Waals surface area contributed by atoms with E-state index in [2.05, 4.69) is 0 Å². The maximum atomic E-state index is 12.8. The van der Waals surface area contributed by atoms with E-state index >= 15 is 0 Å². The Morgan fingerprint density at radius 2 is 1.69 bits per heavy atom. The lowest BCUT2D eigenvalue weighted by atomic mass is 10.1. The number of aliphatic hydroxyl groups excluding tert-OH is 1. The molecule has 0 saturated heterocycles. The molecular weight excluding hydrogens is 245 g/mol. The maximum absolute atomic E-state index is 12.8. The van der Waals surface area contributed by atoms with Gasteiger partial charge >= 0.3 is 0 Å². The van der Waals surface area contributed by atoms with Crippen LogP contribution in [0.15, 0.2) is 12.1 Å². The Hall–Kier alpha value is -1.08. The number of hydrogen-bond donors (Lipinski definition) is 1. The smallest absolute Gasteiger partial charge is 0.194 e. The molecule has 90 valence electrons. The average molecular weight is 254 g/mol. The van der Waals surface area contributed by atoms with E-state index in [1.165, 1.54) is 0 Å². The number of halogens is 3. The van der Waals surface area contributed by atoms with E-state index in [1.807, 2.05) is 0 Å². The van der Waals surface area contributed by atoms with Crippen LogP contribution in [0.5, 0.6) is 0 Å². The van der Waals surface area contributed by atoms with Crippen LogP contribution in [-0.4, -0.2) is 25.5 Å². The number of aliphatic hydroxyl groups is 1. The van der Waals surface area contributed by atoms with Crippen molar-refractivity contribution in [1.82, 2.24) is 0 Å². The lowest BCUT2D eigenvalue weighted by Crippen LogP contribution is -2.13. The quantitative estimate of drug-likeness (QED) is 0.824. The fourth-order valence-corrected chi connectivity index (χ4v) is 1.92. The topological polar surface area (TPSA) is 54.4 Å². The molecule has 0 bridgehead atoms. The van der Waals surface area contributed by atoms with E-state index in [-0.39, 0.29) is 5.56 Å². The second-order valence-electron chi connectivity index (χ2n) is 3.41. The molecule has 0 amide bonds. The highest BCUT2D eigenvalue weighted by Crippen LogP contribution is 2.20. The van der Waals surface area contributed by atoms with Crippen LogP contribution in [-0.2, 0) is 9.84 Å². The first kappa shape index (κ1) is 13.0. The monoisotopic (exact) mass is 254 g/mol. The Bertz CT molecular complexity index is 476. The summed E-state index contributed by atoms with van der Waals surface area (Å²) in [7, 11) is -3.50. The fraction of sp³-hybridized carbons (Fsp3) is 0.333. The molecule has 0 radical (unpaired) electrons. The number of hydrogen-bond acceptors (Lipinski definition) is 3. The number of sulfone groups is 1. The van der Waals surface area contributed by atoms with Gasteiger partial charge in [0.25, 0.3) is 0 Å². The molecule has 1 rings (SSSR count). The van der Waals surface area contributed by atoms with E-state index in [0.717, 1.165) is 6.26 Å². The van der Waals surface area contributed by atoms with E-state index in [0.29, 0.717) is 12.1 Å². The highest BCUT2D eigenvalue weighted by Gasteiger charge is 2.18. The third-order valence-corrected chi connectivity index (χ3v) is 2.77. The van der Waals surface area contributed by atoms with Gasteiger partial charge in [0.05, 0.1) is 11.9 Å². The van der Waals surface area contributed by atoms with Crippen molar-refractivity contribution < 1.29 is 26.7 Å². The molecule has 1 aromatic carbocycles. The molecule has 0 aliphatic rings. The van der Waals surface area contributed by atoms with Crippen LogP contribution in [0.4, 0.5) is 13.2 Å². The summed E-state index contributed by atoms with van der Waals surface area (Å²) in [6.07, 6.45) is -0.716. The van der Waals surface area contributed by atoms with Gasteiger partial charge in [-0.3, -0.25) is 0 Å². The molecule has 0 spiro atoms. The van der Waals surface area contributed by atoms with Gasteiger partial charge in [-0.05, 0) is 17.7 Å². The minimum absolute atomic E-state index is 0.318. The zero-order valence-electron chi connectivity index (χ0n) is 8.25. The SMILES string of the molecule is CS(=O)(=O)CC(O)c1cc(F)c(F)c(F)c1. The van der Waals surface area contributed by atoms with Crippen LogP contribution in [0.3, 0.4) is 0 Å². The summed E-state index contributed by atoms with van der Waals surface area (Å²) in [6, 6.07) is 1.13. The van der Waals surface area contributed by atoms with Gasteiger partial charge in [-0.2, -0.15) is 0 Å². The van der Waals surface area contributed by atoms with Crippen molar-refractivity contribution >= 4 is 9.84 Å². The zero-order valence-corrected chi connectivity index (χ0v) is 9.06. The largest absolute Gasteiger partial charge is 0.387 e. The van der Waals surface area contributed by atoms with E-state index in [4.69, 9.17) is 0 Å². The summed E-state index contributed by atoms with van der Waals surface area (Å²) in [5.41, 5.74) is -0.318. The Morgan fingerprint density at radius 1 is 1.25 bits per heavy atom. The molecular formula is C9H9F3O3S. The summed E-state index contributed by atoms with van der Waals surface area (Å²) < 4.78 is 59.7. The van der Waals surface area contributed by atoms with Gasteiger partial charge in [-0.25, -0.2) is 21.6 Å². The van der Waals surface area contributed by atoms with E-state index in [9.17, 15) is 26.7 Å². The molecule has 7 heteroatoms. The Kier molecular flexibility index (Phi) is 3.59. The molecule has 1 N–H and O–H groups in total. The zero-order chi connectivity index (χ0) is 12.5. The Labute approximate surface area is 90.4 Å². The number of rotatable bonds is 3. The average Bonchev–Trinajstić information content (AvgIpc) is 2.10. The van der Waals surface area contributed by atoms with Crippen molar-refractivity contribution in [2.45, 2.75) is 6.10 Å². The van der Waals surface area contributed by atoms with Crippen LogP contribution >= 0.6 is 0 Å². The van der Waals surface area contributed by atoms with Gasteiger partial charge in [-0.15, -0.1) is 0 Å². The summed E-state index contributed by atoms with van der Waals surface area (Å²) in [5.74, 6) is -5.28. The third kappa shape index (κ3) is 3.21. The van der Waals surface area contributed by atoms with Crippen LogP contribution in [0, 0.1) is 17.5 Å². The molecule has 1 atom stereocenters. The third-order valence-electron chi connectivity index (χ3n) is 1.85. The standard InChI is InChI=1S/C9H9F3O3S/c1-16(14,15)4-8(13)5-2-6(10)9(12)7(11)3-5/h2-3,8,13H,4H2,1H3. The first-order chi connectivity index (χ1) is 7.20. The first-order valence-corrected chi connectivity index (χ1v) is 6.27. The van der Waals surface area contributed by atoms with E-state index < -0.39 is 39.1 Å². The molecule has 0 saturated carbocycles. The summed E-state index contributed by atoms with van der Waals surface area (Å²) in [6.45, 7) is 0. The van der Waals surface area contributed by atoms with Crippen molar-refractivity contribution in [2.24, 2.45) is 0 Å². The molecule has 1 unspecified atom stereocenters. The molecule has 0 aliphatic carbocycles. The highest BCUT2D eigenvalue weighted by atomic mass is 32.2. The van der Waals surface area contributed by atoms with Crippen LogP contribution in [0.25, 0.3) is 0 Å². The fourth-order valence-electron chi connectivity index (χ4n) is 1.15. The Balaban J connectivity index is 3.06. The first-order valence-electron chi connectivity index (χ1n) is 4.21.